The van der Waals surface area contributed by atoms with Gasteiger partial charge in [0.15, 0.2) is 29.1 Å². The van der Waals surface area contributed by atoms with Crippen molar-refractivity contribution >= 4 is 0 Å². The fraction of sp³-hybridized carbons (Fsp3) is 0.500. The normalized spacial score (nSPS) is 12.0. The molecule has 0 spiro atoms. The van der Waals surface area contributed by atoms with Gasteiger partial charge in [0, 0.05) is 13.2 Å². The Labute approximate surface area is 107 Å². The van der Waals surface area contributed by atoms with E-state index in [0.29, 0.717) is 0 Å². The first-order chi connectivity index (χ1) is 8.80. The van der Waals surface area contributed by atoms with Crippen LogP contribution in [0.4, 0.5) is 22.0 Å². The lowest BCUT2D eigenvalue weighted by atomic mass is 10.0. The van der Waals surface area contributed by atoms with Gasteiger partial charge in [-0.25, -0.2) is 22.0 Å². The summed E-state index contributed by atoms with van der Waals surface area (Å²) in [5.41, 5.74) is -1.13. The molecule has 2 nitrogen and oxygen atoms in total. The summed E-state index contributed by atoms with van der Waals surface area (Å²) >= 11 is 0. The van der Waals surface area contributed by atoms with Crippen molar-refractivity contribution in [1.82, 2.24) is 0 Å². The van der Waals surface area contributed by atoms with Crippen molar-refractivity contribution in [2.45, 2.75) is 26.6 Å². The molecule has 1 aromatic carbocycles. The van der Waals surface area contributed by atoms with Crippen LogP contribution in [0.3, 0.4) is 0 Å². The van der Waals surface area contributed by atoms with Gasteiger partial charge in [0.05, 0.1) is 5.56 Å². The molecule has 0 aliphatic rings. The number of hydrogen-bond acceptors (Lipinski definition) is 2. The van der Waals surface area contributed by atoms with Crippen LogP contribution in [0.15, 0.2) is 0 Å². The molecule has 0 heterocycles. The number of benzene rings is 1. The van der Waals surface area contributed by atoms with E-state index in [4.69, 9.17) is 9.47 Å². The van der Waals surface area contributed by atoms with Crippen LogP contribution in [0.2, 0.25) is 0 Å². The average molecular weight is 284 g/mol. The third-order valence-corrected chi connectivity index (χ3v) is 2.50. The third kappa shape index (κ3) is 2.71. The number of halogens is 5. The highest BCUT2D eigenvalue weighted by atomic mass is 19.2. The Bertz CT molecular complexity index is 441. The van der Waals surface area contributed by atoms with Crippen LogP contribution in [0.5, 0.6) is 0 Å². The van der Waals surface area contributed by atoms with Crippen molar-refractivity contribution in [3.05, 3.63) is 34.6 Å². The summed E-state index contributed by atoms with van der Waals surface area (Å²) in [5.74, 6) is -12.2. The summed E-state index contributed by atoms with van der Waals surface area (Å²) in [5, 5.41) is 0. The van der Waals surface area contributed by atoms with Crippen molar-refractivity contribution in [2.24, 2.45) is 0 Å². The van der Waals surface area contributed by atoms with E-state index in [1.165, 1.54) is 13.8 Å². The first-order valence-electron chi connectivity index (χ1n) is 5.59. The monoisotopic (exact) mass is 284 g/mol. The molecule has 0 aliphatic heterocycles. The van der Waals surface area contributed by atoms with E-state index in [0.717, 1.165) is 6.92 Å². The molecule has 0 atom stereocenters. The zero-order chi connectivity index (χ0) is 14.8. The Morgan fingerprint density at radius 1 is 0.737 bits per heavy atom. The quantitative estimate of drug-likeness (QED) is 0.356. The summed E-state index contributed by atoms with van der Waals surface area (Å²) in [6, 6.07) is 0. The van der Waals surface area contributed by atoms with Crippen molar-refractivity contribution in [3.8, 4) is 0 Å². The van der Waals surface area contributed by atoms with Gasteiger partial charge >= 0.3 is 0 Å². The summed E-state index contributed by atoms with van der Waals surface area (Å²) in [6.45, 7) is 4.04. The largest absolute Gasteiger partial charge is 0.346 e. The molecule has 0 radical (unpaired) electrons. The minimum absolute atomic E-state index is 0.0318. The average Bonchev–Trinajstić information content (AvgIpc) is 2.34. The number of ether oxygens (including phenoxy) is 2. The molecule has 0 amide bonds. The van der Waals surface area contributed by atoms with Crippen LogP contribution in [-0.2, 0) is 15.3 Å². The van der Waals surface area contributed by atoms with Crippen LogP contribution >= 0.6 is 0 Å². The fourth-order valence-electron chi connectivity index (χ4n) is 1.74. The van der Waals surface area contributed by atoms with E-state index in [1.807, 2.05) is 0 Å². The molecule has 0 unspecified atom stereocenters. The Balaban J connectivity index is 3.55. The molecule has 0 fully saturated rings. The molecule has 0 aromatic heterocycles. The van der Waals surface area contributed by atoms with E-state index in [2.05, 4.69) is 0 Å². The van der Waals surface area contributed by atoms with Gasteiger partial charge < -0.3 is 9.47 Å². The maximum Gasteiger partial charge on any atom is 0.200 e. The third-order valence-electron chi connectivity index (χ3n) is 2.50. The van der Waals surface area contributed by atoms with E-state index in [-0.39, 0.29) is 13.2 Å². The van der Waals surface area contributed by atoms with Crippen molar-refractivity contribution in [1.29, 1.82) is 0 Å². The molecule has 7 heteroatoms. The van der Waals surface area contributed by atoms with Gasteiger partial charge in [-0.1, -0.05) is 0 Å². The van der Waals surface area contributed by atoms with Crippen molar-refractivity contribution < 1.29 is 31.4 Å². The zero-order valence-electron chi connectivity index (χ0n) is 10.6. The van der Waals surface area contributed by atoms with Gasteiger partial charge in [-0.2, -0.15) is 0 Å². The standard InChI is InChI=1S/C12H13F5O2/c1-4-18-12(3,19-5-2)6-7(13)9(15)11(17)10(16)8(6)14/h4-5H2,1-3H3. The minimum Gasteiger partial charge on any atom is -0.346 e. The van der Waals surface area contributed by atoms with Gasteiger partial charge in [0.2, 0.25) is 5.82 Å². The lowest BCUT2D eigenvalue weighted by Crippen LogP contribution is -2.33. The van der Waals surface area contributed by atoms with Crippen LogP contribution in [-0.4, -0.2) is 13.2 Å². The summed E-state index contributed by atoms with van der Waals surface area (Å²) in [4.78, 5) is 0. The molecule has 0 aliphatic carbocycles. The number of hydrogen-bond donors (Lipinski definition) is 0. The molecular formula is C12H13F5O2. The summed E-state index contributed by atoms with van der Waals surface area (Å²) in [7, 11) is 0. The van der Waals surface area contributed by atoms with E-state index in [1.54, 1.807) is 0 Å². The first-order valence-corrected chi connectivity index (χ1v) is 5.59. The van der Waals surface area contributed by atoms with Gasteiger partial charge in [-0.3, -0.25) is 0 Å². The van der Waals surface area contributed by atoms with Crippen LogP contribution in [0, 0.1) is 29.1 Å². The highest BCUT2D eigenvalue weighted by Crippen LogP contribution is 2.34. The zero-order valence-corrected chi connectivity index (χ0v) is 10.6. The van der Waals surface area contributed by atoms with Crippen LogP contribution in [0.25, 0.3) is 0 Å². The Hall–Kier alpha value is -1.21. The molecule has 1 rings (SSSR count). The second-order valence-electron chi connectivity index (χ2n) is 3.76. The maximum absolute atomic E-state index is 13.7. The second-order valence-corrected chi connectivity index (χ2v) is 3.76. The lowest BCUT2D eigenvalue weighted by molar-refractivity contribution is -0.233. The first kappa shape index (κ1) is 15.8. The molecule has 108 valence electrons. The van der Waals surface area contributed by atoms with Crippen LogP contribution in [0.1, 0.15) is 26.3 Å². The predicted molar refractivity (Wildman–Crippen MR) is 56.8 cm³/mol. The predicted octanol–water partition coefficient (Wildman–Crippen LogP) is 3.63. The molecule has 0 N–H and O–H groups in total. The van der Waals surface area contributed by atoms with Gasteiger partial charge in [-0.15, -0.1) is 0 Å². The molecular weight excluding hydrogens is 271 g/mol. The van der Waals surface area contributed by atoms with E-state index in [9.17, 15) is 22.0 Å². The Morgan fingerprint density at radius 2 is 1.05 bits per heavy atom. The van der Waals surface area contributed by atoms with E-state index >= 15 is 0 Å². The molecule has 0 saturated carbocycles. The smallest absolute Gasteiger partial charge is 0.200 e. The fourth-order valence-corrected chi connectivity index (χ4v) is 1.74. The summed E-state index contributed by atoms with van der Waals surface area (Å²) < 4.78 is 76.6. The molecule has 19 heavy (non-hydrogen) atoms. The maximum atomic E-state index is 13.7. The van der Waals surface area contributed by atoms with Crippen molar-refractivity contribution in [3.63, 3.8) is 0 Å². The molecule has 1 aromatic rings. The minimum atomic E-state index is -2.21. The highest BCUT2D eigenvalue weighted by molar-refractivity contribution is 5.27. The second kappa shape index (κ2) is 5.83. The van der Waals surface area contributed by atoms with Crippen LogP contribution < -0.4 is 0 Å². The lowest BCUT2D eigenvalue weighted by Gasteiger charge is -2.30. The Morgan fingerprint density at radius 3 is 1.37 bits per heavy atom. The topological polar surface area (TPSA) is 18.5 Å². The Kier molecular flexibility index (Phi) is 4.86. The van der Waals surface area contributed by atoms with Gasteiger partial charge in [-0.05, 0) is 20.8 Å². The van der Waals surface area contributed by atoms with Crippen molar-refractivity contribution in [2.75, 3.05) is 13.2 Å². The van der Waals surface area contributed by atoms with E-state index < -0.39 is 40.4 Å². The molecule has 0 bridgehead atoms. The summed E-state index contributed by atoms with van der Waals surface area (Å²) in [6.07, 6.45) is 0. The van der Waals surface area contributed by atoms with Gasteiger partial charge in [0.1, 0.15) is 0 Å². The number of rotatable bonds is 5. The van der Waals surface area contributed by atoms with Gasteiger partial charge in [0.25, 0.3) is 0 Å². The highest BCUT2D eigenvalue weighted by Gasteiger charge is 2.39. The SMILES string of the molecule is CCOC(C)(OCC)c1c(F)c(F)c(F)c(F)c1F. The molecule has 0 saturated heterocycles.